The van der Waals surface area contributed by atoms with Crippen LogP contribution in [-0.4, -0.2) is 38.3 Å². The predicted molar refractivity (Wildman–Crippen MR) is 85.7 cm³/mol. The van der Waals surface area contributed by atoms with Gasteiger partial charge in [-0.3, -0.25) is 4.79 Å². The molecule has 0 unspecified atom stereocenters. The van der Waals surface area contributed by atoms with Crippen LogP contribution in [0.15, 0.2) is 18.2 Å². The number of hydrogen-bond acceptors (Lipinski definition) is 4. The maximum absolute atomic E-state index is 13.8. The summed E-state index contributed by atoms with van der Waals surface area (Å²) in [5.74, 6) is -0.594. The molecule has 0 heterocycles. The Morgan fingerprint density at radius 2 is 2.09 bits per heavy atom. The summed E-state index contributed by atoms with van der Waals surface area (Å²) < 4.78 is 24.0. The van der Waals surface area contributed by atoms with Gasteiger partial charge in [0.2, 0.25) is 0 Å². The molecule has 6 heteroatoms. The maximum atomic E-state index is 13.8. The fraction of sp³-hybridized carbons (Fsp3) is 0.588. The highest BCUT2D eigenvalue weighted by Gasteiger charge is 2.34. The van der Waals surface area contributed by atoms with E-state index in [0.29, 0.717) is 30.9 Å². The van der Waals surface area contributed by atoms with Crippen molar-refractivity contribution < 1.29 is 18.7 Å². The molecule has 0 bridgehead atoms. The van der Waals surface area contributed by atoms with Gasteiger partial charge in [0.15, 0.2) is 0 Å². The van der Waals surface area contributed by atoms with Crippen molar-refractivity contribution in [3.63, 3.8) is 0 Å². The quantitative estimate of drug-likeness (QED) is 0.717. The van der Waals surface area contributed by atoms with Crippen LogP contribution in [0.25, 0.3) is 0 Å². The van der Waals surface area contributed by atoms with Crippen molar-refractivity contribution in [2.75, 3.05) is 26.9 Å². The summed E-state index contributed by atoms with van der Waals surface area (Å²) in [6.07, 6.45) is 3.92. The van der Waals surface area contributed by atoms with Crippen molar-refractivity contribution >= 4 is 5.91 Å². The summed E-state index contributed by atoms with van der Waals surface area (Å²) in [7, 11) is 1.57. The molecule has 1 saturated carbocycles. The SMILES string of the molecule is COCCOCc1cc(C(=O)NC2(CN)CCCC2)ccc1F. The molecule has 23 heavy (non-hydrogen) atoms. The average Bonchev–Trinajstić information content (AvgIpc) is 3.02. The molecule has 128 valence electrons. The third-order valence-electron chi connectivity index (χ3n) is 4.33. The van der Waals surface area contributed by atoms with Gasteiger partial charge in [0.1, 0.15) is 5.82 Å². The number of nitrogens with one attached hydrogen (secondary N) is 1. The molecule has 0 aliphatic heterocycles. The van der Waals surface area contributed by atoms with Gasteiger partial charge in [-0.15, -0.1) is 0 Å². The lowest BCUT2D eigenvalue weighted by molar-refractivity contribution is 0.0603. The number of carbonyl (C=O) groups is 1. The standard InChI is InChI=1S/C17H25FN2O3/c1-22-8-9-23-11-14-10-13(4-5-15(14)18)16(21)20-17(12-19)6-2-3-7-17/h4-5,10H,2-3,6-9,11-12,19H2,1H3,(H,20,21). The first-order valence-electron chi connectivity index (χ1n) is 7.98. The molecule has 1 fully saturated rings. The van der Waals surface area contributed by atoms with E-state index in [1.165, 1.54) is 18.2 Å². The van der Waals surface area contributed by atoms with Crippen LogP contribution in [0.2, 0.25) is 0 Å². The largest absolute Gasteiger partial charge is 0.382 e. The number of halogens is 1. The molecular weight excluding hydrogens is 299 g/mol. The Morgan fingerprint density at radius 1 is 1.35 bits per heavy atom. The second-order valence-electron chi connectivity index (χ2n) is 6.00. The van der Waals surface area contributed by atoms with Crippen molar-refractivity contribution in [1.82, 2.24) is 5.32 Å². The third kappa shape index (κ3) is 4.73. The molecule has 3 N–H and O–H groups in total. The number of carbonyl (C=O) groups excluding carboxylic acids is 1. The van der Waals surface area contributed by atoms with E-state index in [-0.39, 0.29) is 23.9 Å². The zero-order valence-corrected chi connectivity index (χ0v) is 13.6. The van der Waals surface area contributed by atoms with E-state index in [4.69, 9.17) is 15.2 Å². The van der Waals surface area contributed by atoms with Crippen molar-refractivity contribution in [1.29, 1.82) is 0 Å². The van der Waals surface area contributed by atoms with E-state index in [0.717, 1.165) is 25.7 Å². The van der Waals surface area contributed by atoms with Crippen LogP contribution in [0, 0.1) is 5.82 Å². The van der Waals surface area contributed by atoms with Gasteiger partial charge >= 0.3 is 0 Å². The van der Waals surface area contributed by atoms with Gasteiger partial charge < -0.3 is 20.5 Å². The summed E-state index contributed by atoms with van der Waals surface area (Å²) in [6, 6.07) is 4.33. The minimum Gasteiger partial charge on any atom is -0.382 e. The van der Waals surface area contributed by atoms with E-state index < -0.39 is 0 Å². The highest BCUT2D eigenvalue weighted by Crippen LogP contribution is 2.29. The number of rotatable bonds is 8. The topological polar surface area (TPSA) is 73.6 Å². The number of ether oxygens (including phenoxy) is 2. The van der Waals surface area contributed by atoms with Gasteiger partial charge in [-0.05, 0) is 31.0 Å². The minimum absolute atomic E-state index is 0.109. The van der Waals surface area contributed by atoms with Crippen molar-refractivity contribution in [3.05, 3.63) is 35.1 Å². The van der Waals surface area contributed by atoms with E-state index in [1.807, 2.05) is 0 Å². The molecule has 1 aromatic rings. The van der Waals surface area contributed by atoms with Gasteiger partial charge in [0, 0.05) is 24.8 Å². The first kappa shape index (κ1) is 17.8. The number of hydrogen-bond donors (Lipinski definition) is 2. The van der Waals surface area contributed by atoms with Crippen molar-refractivity contribution in [2.45, 2.75) is 37.8 Å². The Morgan fingerprint density at radius 3 is 2.74 bits per heavy atom. The third-order valence-corrected chi connectivity index (χ3v) is 4.33. The lowest BCUT2D eigenvalue weighted by Crippen LogP contribution is -2.51. The van der Waals surface area contributed by atoms with Gasteiger partial charge in [-0.2, -0.15) is 0 Å². The number of amides is 1. The molecule has 5 nitrogen and oxygen atoms in total. The second kappa shape index (κ2) is 8.38. The number of methoxy groups -OCH3 is 1. The Labute approximate surface area is 136 Å². The summed E-state index contributed by atoms with van der Waals surface area (Å²) in [4.78, 5) is 12.5. The van der Waals surface area contributed by atoms with Gasteiger partial charge in [0.25, 0.3) is 5.91 Å². The molecule has 0 aromatic heterocycles. The molecule has 0 saturated heterocycles. The zero-order chi connectivity index (χ0) is 16.7. The Hall–Kier alpha value is -1.50. The summed E-state index contributed by atoms with van der Waals surface area (Å²) in [6.45, 7) is 1.36. The number of benzene rings is 1. The molecule has 0 atom stereocenters. The van der Waals surface area contributed by atoms with E-state index in [1.54, 1.807) is 7.11 Å². The Balaban J connectivity index is 2.02. The summed E-state index contributed by atoms with van der Waals surface area (Å²) in [5.41, 5.74) is 6.31. The van der Waals surface area contributed by atoms with Crippen LogP contribution in [0.3, 0.4) is 0 Å². The average molecular weight is 324 g/mol. The first-order chi connectivity index (χ1) is 11.1. The van der Waals surface area contributed by atoms with E-state index in [9.17, 15) is 9.18 Å². The fourth-order valence-electron chi connectivity index (χ4n) is 2.90. The van der Waals surface area contributed by atoms with Crippen LogP contribution in [0.1, 0.15) is 41.6 Å². The van der Waals surface area contributed by atoms with E-state index >= 15 is 0 Å². The summed E-state index contributed by atoms with van der Waals surface area (Å²) in [5, 5.41) is 3.03. The molecule has 2 rings (SSSR count). The van der Waals surface area contributed by atoms with Crippen LogP contribution >= 0.6 is 0 Å². The molecule has 1 aliphatic rings. The lowest BCUT2D eigenvalue weighted by atomic mass is 9.97. The monoisotopic (exact) mass is 324 g/mol. The van der Waals surface area contributed by atoms with Crippen LogP contribution in [-0.2, 0) is 16.1 Å². The zero-order valence-electron chi connectivity index (χ0n) is 13.6. The van der Waals surface area contributed by atoms with Crippen molar-refractivity contribution in [3.8, 4) is 0 Å². The summed E-state index contributed by atoms with van der Waals surface area (Å²) >= 11 is 0. The lowest BCUT2D eigenvalue weighted by Gasteiger charge is -2.28. The Kier molecular flexibility index (Phi) is 6.50. The molecule has 1 aromatic carbocycles. The fourth-order valence-corrected chi connectivity index (χ4v) is 2.90. The smallest absolute Gasteiger partial charge is 0.251 e. The molecule has 0 radical (unpaired) electrons. The molecule has 1 amide bonds. The highest BCUT2D eigenvalue weighted by atomic mass is 19.1. The molecule has 1 aliphatic carbocycles. The van der Waals surface area contributed by atoms with E-state index in [2.05, 4.69) is 5.32 Å². The molecule has 0 spiro atoms. The molecular formula is C17H25FN2O3. The van der Waals surface area contributed by atoms with Gasteiger partial charge in [-0.1, -0.05) is 12.8 Å². The maximum Gasteiger partial charge on any atom is 0.251 e. The first-order valence-corrected chi connectivity index (χ1v) is 7.98. The van der Waals surface area contributed by atoms with Gasteiger partial charge in [0.05, 0.1) is 25.4 Å². The minimum atomic E-state index is -0.381. The highest BCUT2D eigenvalue weighted by molar-refractivity contribution is 5.94. The second-order valence-corrected chi connectivity index (χ2v) is 6.00. The van der Waals surface area contributed by atoms with Crippen molar-refractivity contribution in [2.24, 2.45) is 5.73 Å². The van der Waals surface area contributed by atoms with Gasteiger partial charge in [-0.25, -0.2) is 4.39 Å². The predicted octanol–water partition coefficient (Wildman–Crippen LogP) is 1.99. The van der Waals surface area contributed by atoms with Crippen LogP contribution in [0.4, 0.5) is 4.39 Å². The Bertz CT molecular complexity index is 531. The van der Waals surface area contributed by atoms with Crippen LogP contribution in [0.5, 0.6) is 0 Å². The van der Waals surface area contributed by atoms with Crippen LogP contribution < -0.4 is 11.1 Å². The normalized spacial score (nSPS) is 16.5. The number of nitrogens with two attached hydrogens (primary N) is 1.